The van der Waals surface area contributed by atoms with E-state index in [1.165, 1.54) is 141 Å². The average molecular weight is 567 g/mol. The van der Waals surface area contributed by atoms with Crippen molar-refractivity contribution in [3.8, 4) is 11.1 Å². The third kappa shape index (κ3) is 8.02. The lowest BCUT2D eigenvalue weighted by atomic mass is 9.83. The fourth-order valence-electron chi connectivity index (χ4n) is 6.67. The van der Waals surface area contributed by atoms with Crippen LogP contribution in [0.1, 0.15) is 127 Å². The lowest BCUT2D eigenvalue weighted by Gasteiger charge is -2.23. The van der Waals surface area contributed by atoms with Gasteiger partial charge in [-0.3, -0.25) is 0 Å². The van der Waals surface area contributed by atoms with Crippen LogP contribution >= 0.6 is 9.24 Å². The van der Waals surface area contributed by atoms with Crippen LogP contribution in [0.2, 0.25) is 0 Å². The number of hydrogen-bond donors (Lipinski definition) is 0. The van der Waals surface area contributed by atoms with Gasteiger partial charge in [0.25, 0.3) is 0 Å². The molecule has 0 aliphatic carbocycles. The standard InChI is InChI=1S/C40H55P/c1-5-9-13-14-15-16-22-33-28-34-27-31-20-17-18-21-32(31)29-38(34)40(41)39(33)37-26-25-30(19-10-6-2)35(23-11-7-3)36(37)24-12-8-4/h17-18,20-21,25-29H,5-16,19,22-24,41H2,1-4H3. The minimum absolute atomic E-state index is 1.17. The van der Waals surface area contributed by atoms with Gasteiger partial charge in [-0.05, 0) is 124 Å². The first kappa shape index (κ1) is 31.8. The molecule has 1 heteroatoms. The average Bonchev–Trinajstić information content (AvgIpc) is 2.99. The van der Waals surface area contributed by atoms with Crippen molar-refractivity contribution in [1.82, 2.24) is 0 Å². The zero-order valence-corrected chi connectivity index (χ0v) is 27.7. The summed E-state index contributed by atoms with van der Waals surface area (Å²) >= 11 is 0. The molecule has 0 aliphatic rings. The van der Waals surface area contributed by atoms with Crippen molar-refractivity contribution in [2.45, 2.75) is 130 Å². The van der Waals surface area contributed by atoms with Crippen LogP contribution < -0.4 is 5.30 Å². The highest BCUT2D eigenvalue weighted by molar-refractivity contribution is 7.29. The van der Waals surface area contributed by atoms with Crippen molar-refractivity contribution < 1.29 is 0 Å². The summed E-state index contributed by atoms with van der Waals surface area (Å²) in [5, 5.41) is 6.85. The van der Waals surface area contributed by atoms with Crippen LogP contribution in [0.5, 0.6) is 0 Å². The van der Waals surface area contributed by atoms with E-state index in [1.54, 1.807) is 22.3 Å². The molecule has 0 N–H and O–H groups in total. The molecule has 0 aliphatic heterocycles. The Morgan fingerprint density at radius 2 is 1.07 bits per heavy atom. The van der Waals surface area contributed by atoms with Gasteiger partial charge < -0.3 is 0 Å². The molecule has 1 atom stereocenters. The van der Waals surface area contributed by atoms with Crippen LogP contribution in [0.25, 0.3) is 32.7 Å². The number of fused-ring (bicyclic) bond motifs is 2. The lowest BCUT2D eigenvalue weighted by molar-refractivity contribution is 0.608. The largest absolute Gasteiger partial charge is 0.104 e. The molecule has 220 valence electrons. The van der Waals surface area contributed by atoms with E-state index in [0.29, 0.717) is 0 Å². The molecule has 0 aromatic heterocycles. The lowest BCUT2D eigenvalue weighted by Crippen LogP contribution is -2.10. The third-order valence-corrected chi connectivity index (χ3v) is 9.69. The molecule has 0 saturated carbocycles. The summed E-state index contributed by atoms with van der Waals surface area (Å²) in [6.07, 6.45) is 20.4. The summed E-state index contributed by atoms with van der Waals surface area (Å²) in [6.45, 7) is 9.32. The van der Waals surface area contributed by atoms with Gasteiger partial charge in [0.1, 0.15) is 0 Å². The predicted molar refractivity (Wildman–Crippen MR) is 189 cm³/mol. The summed E-state index contributed by atoms with van der Waals surface area (Å²) in [5.41, 5.74) is 9.53. The van der Waals surface area contributed by atoms with E-state index >= 15 is 0 Å². The van der Waals surface area contributed by atoms with Crippen molar-refractivity contribution in [1.29, 1.82) is 0 Å². The molecule has 0 radical (unpaired) electrons. The van der Waals surface area contributed by atoms with Crippen molar-refractivity contribution in [3.05, 3.63) is 76.9 Å². The number of hydrogen-bond acceptors (Lipinski definition) is 0. The molecular formula is C40H55P. The monoisotopic (exact) mass is 566 g/mol. The van der Waals surface area contributed by atoms with Gasteiger partial charge in [-0.25, -0.2) is 0 Å². The molecule has 0 saturated heterocycles. The quantitative estimate of drug-likeness (QED) is 0.0677. The van der Waals surface area contributed by atoms with Crippen molar-refractivity contribution >= 4 is 36.1 Å². The first-order valence-electron chi connectivity index (χ1n) is 17.0. The highest BCUT2D eigenvalue weighted by atomic mass is 31.0. The molecule has 4 aromatic rings. The van der Waals surface area contributed by atoms with Gasteiger partial charge in [0.05, 0.1) is 0 Å². The van der Waals surface area contributed by atoms with Gasteiger partial charge in [-0.1, -0.05) is 122 Å². The van der Waals surface area contributed by atoms with Crippen LogP contribution in [-0.2, 0) is 25.7 Å². The molecule has 0 amide bonds. The van der Waals surface area contributed by atoms with E-state index in [0.717, 1.165) is 0 Å². The van der Waals surface area contributed by atoms with Crippen molar-refractivity contribution in [2.75, 3.05) is 0 Å². The molecule has 0 fully saturated rings. The van der Waals surface area contributed by atoms with Crippen molar-refractivity contribution in [3.63, 3.8) is 0 Å². The third-order valence-electron chi connectivity index (χ3n) is 9.09. The first-order valence-corrected chi connectivity index (χ1v) is 17.6. The van der Waals surface area contributed by atoms with Crippen LogP contribution in [0.3, 0.4) is 0 Å². The minimum atomic E-state index is 1.17. The van der Waals surface area contributed by atoms with E-state index in [1.807, 2.05) is 0 Å². The maximum absolute atomic E-state index is 3.22. The Labute approximate surface area is 253 Å². The van der Waals surface area contributed by atoms with E-state index in [2.05, 4.69) is 91.5 Å². The van der Waals surface area contributed by atoms with Crippen LogP contribution in [0, 0.1) is 0 Å². The first-order chi connectivity index (χ1) is 20.1. The maximum atomic E-state index is 3.22. The van der Waals surface area contributed by atoms with Gasteiger partial charge in [0, 0.05) is 0 Å². The Bertz CT molecular complexity index is 1400. The Hall–Kier alpha value is -2.17. The van der Waals surface area contributed by atoms with Gasteiger partial charge >= 0.3 is 0 Å². The second-order valence-corrected chi connectivity index (χ2v) is 12.9. The molecule has 0 heterocycles. The van der Waals surface area contributed by atoms with Gasteiger partial charge in [0.2, 0.25) is 0 Å². The SMILES string of the molecule is CCCCCCCCc1cc2cc3ccccc3cc2c(P)c1-c1ccc(CCCC)c(CCCC)c1CCCC. The van der Waals surface area contributed by atoms with Crippen LogP contribution in [0.15, 0.2) is 54.6 Å². The summed E-state index contributed by atoms with van der Waals surface area (Å²) in [5.74, 6) is 0. The van der Waals surface area contributed by atoms with E-state index in [9.17, 15) is 0 Å². The van der Waals surface area contributed by atoms with E-state index in [4.69, 9.17) is 0 Å². The Kier molecular flexibility index (Phi) is 12.8. The smallest absolute Gasteiger partial charge is 0.00709 e. The molecule has 0 bridgehead atoms. The highest BCUT2D eigenvalue weighted by Crippen LogP contribution is 2.37. The second kappa shape index (κ2) is 16.5. The summed E-state index contributed by atoms with van der Waals surface area (Å²) in [4.78, 5) is 0. The maximum Gasteiger partial charge on any atom is -0.00709 e. The number of aryl methyl sites for hydroxylation is 2. The molecule has 0 spiro atoms. The summed E-state index contributed by atoms with van der Waals surface area (Å²) < 4.78 is 0. The van der Waals surface area contributed by atoms with E-state index < -0.39 is 0 Å². The Morgan fingerprint density at radius 3 is 1.78 bits per heavy atom. The summed E-state index contributed by atoms with van der Waals surface area (Å²) in [7, 11) is 3.22. The number of benzene rings is 4. The normalized spacial score (nSPS) is 11.6. The highest BCUT2D eigenvalue weighted by Gasteiger charge is 2.20. The molecular weight excluding hydrogens is 511 g/mol. The molecule has 4 aromatic carbocycles. The number of rotatable bonds is 17. The van der Waals surface area contributed by atoms with Gasteiger partial charge in [-0.2, -0.15) is 0 Å². The van der Waals surface area contributed by atoms with E-state index in [-0.39, 0.29) is 0 Å². The molecule has 41 heavy (non-hydrogen) atoms. The van der Waals surface area contributed by atoms with Gasteiger partial charge in [-0.15, -0.1) is 9.24 Å². The van der Waals surface area contributed by atoms with Crippen LogP contribution in [0.4, 0.5) is 0 Å². The number of unbranched alkanes of at least 4 members (excludes halogenated alkanes) is 8. The predicted octanol–water partition coefficient (Wildman–Crippen LogP) is 12.1. The molecule has 4 rings (SSSR count). The zero-order valence-electron chi connectivity index (χ0n) is 26.6. The minimum Gasteiger partial charge on any atom is -0.104 e. The fraction of sp³-hybridized carbons (Fsp3) is 0.500. The Balaban J connectivity index is 1.90. The van der Waals surface area contributed by atoms with Gasteiger partial charge in [0.15, 0.2) is 0 Å². The van der Waals surface area contributed by atoms with Crippen molar-refractivity contribution in [2.24, 2.45) is 0 Å². The summed E-state index contributed by atoms with van der Waals surface area (Å²) in [6, 6.07) is 21.3. The second-order valence-electron chi connectivity index (χ2n) is 12.3. The molecule has 0 nitrogen and oxygen atoms in total. The molecule has 1 unspecified atom stereocenters. The topological polar surface area (TPSA) is 0 Å². The Morgan fingerprint density at radius 1 is 0.488 bits per heavy atom. The van der Waals surface area contributed by atoms with Crippen LogP contribution in [-0.4, -0.2) is 0 Å². The zero-order chi connectivity index (χ0) is 29.0. The fourth-order valence-corrected chi connectivity index (χ4v) is 7.26.